The SMILES string of the molecule is C=CC1C(NC(=O)[C@@H](NC(=O)[C@H](C)NC)C2CCCCC2)CCCN1CCc1cccc(C)c1. The van der Waals surface area contributed by atoms with Crippen LogP contribution in [0.5, 0.6) is 0 Å². The van der Waals surface area contributed by atoms with Gasteiger partial charge in [-0.2, -0.15) is 0 Å². The first-order valence-electron chi connectivity index (χ1n) is 13.1. The van der Waals surface area contributed by atoms with Gasteiger partial charge in [0.25, 0.3) is 0 Å². The van der Waals surface area contributed by atoms with E-state index in [9.17, 15) is 9.59 Å². The minimum Gasteiger partial charge on any atom is -0.350 e. The zero-order valence-corrected chi connectivity index (χ0v) is 21.3. The highest BCUT2D eigenvalue weighted by Gasteiger charge is 2.36. The van der Waals surface area contributed by atoms with Crippen molar-refractivity contribution in [2.45, 2.75) is 89.4 Å². The highest BCUT2D eigenvalue weighted by molar-refractivity contribution is 5.90. The Kier molecular flexibility index (Phi) is 10.1. The van der Waals surface area contributed by atoms with Crippen molar-refractivity contribution in [3.05, 3.63) is 48.0 Å². The molecule has 0 bridgehead atoms. The molecule has 1 aliphatic heterocycles. The standard InChI is InChI=1S/C28H44N4O2/c1-5-25-24(15-10-17-32(25)18-16-22-12-9-11-20(2)19-22)30-28(34)26(23-13-7-6-8-14-23)31-27(33)21(3)29-4/h5,9,11-12,19,21,23-26,29H,1,6-8,10,13-18H2,2-4H3,(H,30,34)(H,31,33)/t21-,24?,25?,26-/m0/s1. The monoisotopic (exact) mass is 468 g/mol. The molecule has 1 heterocycles. The van der Waals surface area contributed by atoms with Crippen molar-refractivity contribution >= 4 is 11.8 Å². The van der Waals surface area contributed by atoms with Crippen molar-refractivity contribution < 1.29 is 9.59 Å². The van der Waals surface area contributed by atoms with Gasteiger partial charge >= 0.3 is 0 Å². The number of nitrogens with zero attached hydrogens (tertiary/aromatic N) is 1. The molecule has 2 aliphatic rings. The van der Waals surface area contributed by atoms with Crippen molar-refractivity contribution in [3.8, 4) is 0 Å². The number of hydrogen-bond donors (Lipinski definition) is 3. The average molecular weight is 469 g/mol. The molecule has 0 radical (unpaired) electrons. The minimum absolute atomic E-state index is 0.0148. The fourth-order valence-corrected chi connectivity index (χ4v) is 5.51. The summed E-state index contributed by atoms with van der Waals surface area (Å²) in [6.45, 7) is 10.0. The molecule has 34 heavy (non-hydrogen) atoms. The van der Waals surface area contributed by atoms with Gasteiger partial charge in [0.15, 0.2) is 0 Å². The molecule has 2 fully saturated rings. The second kappa shape index (κ2) is 13.1. The lowest BCUT2D eigenvalue weighted by Gasteiger charge is -2.41. The number of nitrogens with one attached hydrogen (secondary N) is 3. The predicted octanol–water partition coefficient (Wildman–Crippen LogP) is 3.35. The van der Waals surface area contributed by atoms with E-state index in [1.807, 2.05) is 13.0 Å². The summed E-state index contributed by atoms with van der Waals surface area (Å²) in [6, 6.07) is 7.98. The van der Waals surface area contributed by atoms with Gasteiger partial charge < -0.3 is 16.0 Å². The number of piperidine rings is 1. The fourth-order valence-electron chi connectivity index (χ4n) is 5.51. The summed E-state index contributed by atoms with van der Waals surface area (Å²) in [7, 11) is 1.77. The second-order valence-electron chi connectivity index (χ2n) is 10.2. The molecule has 1 aromatic rings. The van der Waals surface area contributed by atoms with Crippen LogP contribution in [0.1, 0.15) is 63.0 Å². The summed E-state index contributed by atoms with van der Waals surface area (Å²) in [5.41, 5.74) is 2.62. The van der Waals surface area contributed by atoms with Crippen LogP contribution in [0.15, 0.2) is 36.9 Å². The molecule has 1 saturated carbocycles. The van der Waals surface area contributed by atoms with E-state index in [2.05, 4.69) is 58.6 Å². The number of aryl methyl sites for hydroxylation is 1. The lowest BCUT2D eigenvalue weighted by molar-refractivity contribution is -0.132. The first-order chi connectivity index (χ1) is 16.4. The number of carbonyl (C=O) groups excluding carboxylic acids is 2. The Morgan fingerprint density at radius 1 is 1.15 bits per heavy atom. The highest BCUT2D eigenvalue weighted by Crippen LogP contribution is 2.27. The van der Waals surface area contributed by atoms with Crippen molar-refractivity contribution in [2.24, 2.45) is 5.92 Å². The van der Waals surface area contributed by atoms with Crippen LogP contribution in [-0.2, 0) is 16.0 Å². The predicted molar refractivity (Wildman–Crippen MR) is 139 cm³/mol. The third-order valence-corrected chi connectivity index (χ3v) is 7.66. The van der Waals surface area contributed by atoms with Crippen molar-refractivity contribution in [1.82, 2.24) is 20.9 Å². The van der Waals surface area contributed by atoms with E-state index in [1.54, 1.807) is 7.05 Å². The van der Waals surface area contributed by atoms with Gasteiger partial charge in [-0.3, -0.25) is 14.5 Å². The third kappa shape index (κ3) is 7.16. The van der Waals surface area contributed by atoms with Crippen LogP contribution in [-0.4, -0.2) is 61.0 Å². The van der Waals surface area contributed by atoms with Crippen LogP contribution in [0.2, 0.25) is 0 Å². The van der Waals surface area contributed by atoms with Crippen LogP contribution >= 0.6 is 0 Å². The summed E-state index contributed by atoms with van der Waals surface area (Å²) in [5.74, 6) is 0.0443. The highest BCUT2D eigenvalue weighted by atomic mass is 16.2. The summed E-state index contributed by atoms with van der Waals surface area (Å²) < 4.78 is 0. The largest absolute Gasteiger partial charge is 0.350 e. The van der Waals surface area contributed by atoms with Gasteiger partial charge in [0.2, 0.25) is 11.8 Å². The summed E-state index contributed by atoms with van der Waals surface area (Å²) in [6.07, 6.45) is 10.4. The van der Waals surface area contributed by atoms with Gasteiger partial charge in [0.1, 0.15) is 6.04 Å². The molecule has 188 valence electrons. The average Bonchev–Trinajstić information content (AvgIpc) is 2.85. The Labute approximate surface area is 205 Å². The third-order valence-electron chi connectivity index (χ3n) is 7.66. The number of likely N-dealkylation sites (tertiary alicyclic amines) is 1. The van der Waals surface area contributed by atoms with Crippen LogP contribution in [0, 0.1) is 12.8 Å². The molecule has 1 saturated heterocycles. The van der Waals surface area contributed by atoms with Crippen LogP contribution in [0.25, 0.3) is 0 Å². The van der Waals surface area contributed by atoms with E-state index in [0.29, 0.717) is 0 Å². The Morgan fingerprint density at radius 2 is 1.91 bits per heavy atom. The van der Waals surface area contributed by atoms with Gasteiger partial charge in [0, 0.05) is 18.6 Å². The number of carbonyl (C=O) groups is 2. The molecule has 2 unspecified atom stereocenters. The molecule has 0 spiro atoms. The molecule has 3 rings (SSSR count). The molecule has 3 N–H and O–H groups in total. The number of amides is 2. The maximum Gasteiger partial charge on any atom is 0.243 e. The maximum absolute atomic E-state index is 13.5. The van der Waals surface area contributed by atoms with Crippen LogP contribution in [0.4, 0.5) is 0 Å². The second-order valence-corrected chi connectivity index (χ2v) is 10.2. The van der Waals surface area contributed by atoms with E-state index in [-0.39, 0.29) is 35.9 Å². The van der Waals surface area contributed by atoms with Crippen molar-refractivity contribution in [1.29, 1.82) is 0 Å². The quantitative estimate of drug-likeness (QED) is 0.461. The first kappa shape index (κ1) is 26.4. The number of likely N-dealkylation sites (N-methyl/N-ethyl adjacent to an activating group) is 1. The summed E-state index contributed by atoms with van der Waals surface area (Å²) in [5, 5.41) is 9.38. The Bertz CT molecular complexity index is 820. The smallest absolute Gasteiger partial charge is 0.243 e. The van der Waals surface area contributed by atoms with E-state index in [1.165, 1.54) is 17.5 Å². The molecule has 4 atom stereocenters. The number of rotatable bonds is 10. The first-order valence-corrected chi connectivity index (χ1v) is 13.1. The molecule has 0 aromatic heterocycles. The zero-order chi connectivity index (χ0) is 24.5. The Morgan fingerprint density at radius 3 is 2.59 bits per heavy atom. The van der Waals surface area contributed by atoms with E-state index >= 15 is 0 Å². The maximum atomic E-state index is 13.5. The summed E-state index contributed by atoms with van der Waals surface area (Å²) in [4.78, 5) is 28.7. The number of benzene rings is 1. The lowest BCUT2D eigenvalue weighted by Crippen LogP contribution is -2.60. The Balaban J connectivity index is 1.66. The van der Waals surface area contributed by atoms with Gasteiger partial charge in [-0.05, 0) is 71.0 Å². The molecule has 6 nitrogen and oxygen atoms in total. The van der Waals surface area contributed by atoms with Crippen molar-refractivity contribution in [3.63, 3.8) is 0 Å². The fraction of sp³-hybridized carbons (Fsp3) is 0.643. The molecular formula is C28H44N4O2. The van der Waals surface area contributed by atoms with Gasteiger partial charge in [0.05, 0.1) is 6.04 Å². The van der Waals surface area contributed by atoms with Gasteiger partial charge in [-0.25, -0.2) is 0 Å². The van der Waals surface area contributed by atoms with E-state index < -0.39 is 6.04 Å². The number of hydrogen-bond acceptors (Lipinski definition) is 4. The van der Waals surface area contributed by atoms with Gasteiger partial charge in [-0.1, -0.05) is 55.2 Å². The molecule has 6 heteroatoms. The molecule has 1 aliphatic carbocycles. The molecular weight excluding hydrogens is 424 g/mol. The summed E-state index contributed by atoms with van der Waals surface area (Å²) >= 11 is 0. The van der Waals surface area contributed by atoms with Crippen molar-refractivity contribution in [2.75, 3.05) is 20.1 Å². The minimum atomic E-state index is -0.475. The van der Waals surface area contributed by atoms with Crippen LogP contribution < -0.4 is 16.0 Å². The molecule has 2 amide bonds. The van der Waals surface area contributed by atoms with E-state index in [0.717, 1.165) is 58.0 Å². The van der Waals surface area contributed by atoms with Crippen LogP contribution in [0.3, 0.4) is 0 Å². The van der Waals surface area contributed by atoms with Gasteiger partial charge in [-0.15, -0.1) is 6.58 Å². The normalized spacial score (nSPS) is 23.6. The lowest BCUT2D eigenvalue weighted by atomic mass is 9.83. The molecule has 1 aromatic carbocycles. The van der Waals surface area contributed by atoms with E-state index in [4.69, 9.17) is 0 Å². The zero-order valence-electron chi connectivity index (χ0n) is 21.3. The Hall–Kier alpha value is -2.18. The topological polar surface area (TPSA) is 73.5 Å².